The predicted molar refractivity (Wildman–Crippen MR) is 125 cm³/mol. The van der Waals surface area contributed by atoms with E-state index in [4.69, 9.17) is 16.3 Å². The van der Waals surface area contributed by atoms with Crippen LogP contribution in [0.3, 0.4) is 0 Å². The second-order valence-corrected chi connectivity index (χ2v) is 9.20. The van der Waals surface area contributed by atoms with Crippen molar-refractivity contribution in [2.45, 2.75) is 13.3 Å². The Morgan fingerprint density at radius 2 is 1.71 bits per heavy atom. The van der Waals surface area contributed by atoms with Gasteiger partial charge in [0, 0.05) is 5.02 Å². The summed E-state index contributed by atoms with van der Waals surface area (Å²) in [5, 5.41) is 3.14. The van der Waals surface area contributed by atoms with E-state index in [1.807, 2.05) is 37.3 Å². The number of para-hydroxylation sites is 2. The van der Waals surface area contributed by atoms with Crippen molar-refractivity contribution >= 4 is 38.9 Å². The summed E-state index contributed by atoms with van der Waals surface area (Å²) in [5.74, 6) is 0.468. The molecule has 6 nitrogen and oxygen atoms in total. The van der Waals surface area contributed by atoms with E-state index in [-0.39, 0.29) is 6.54 Å². The molecule has 162 valence electrons. The Hall–Kier alpha value is -3.03. The first-order valence-electron chi connectivity index (χ1n) is 9.66. The number of benzene rings is 3. The number of rotatable bonds is 8. The van der Waals surface area contributed by atoms with E-state index in [1.165, 1.54) is 0 Å². The fourth-order valence-electron chi connectivity index (χ4n) is 3.06. The van der Waals surface area contributed by atoms with Crippen LogP contribution in [0.2, 0.25) is 5.02 Å². The van der Waals surface area contributed by atoms with Crippen molar-refractivity contribution in [2.24, 2.45) is 0 Å². The molecular weight excluding hydrogens is 436 g/mol. The molecule has 0 aliphatic rings. The lowest BCUT2D eigenvalue weighted by molar-refractivity contribution is -0.114. The molecule has 31 heavy (non-hydrogen) atoms. The Kier molecular flexibility index (Phi) is 7.20. The first-order valence-corrected chi connectivity index (χ1v) is 11.9. The topological polar surface area (TPSA) is 75.7 Å². The number of carbonyl (C=O) groups is 1. The van der Waals surface area contributed by atoms with Crippen molar-refractivity contribution in [2.75, 3.05) is 22.4 Å². The molecule has 0 saturated heterocycles. The van der Waals surface area contributed by atoms with Crippen LogP contribution in [0.4, 0.5) is 11.4 Å². The molecule has 0 atom stereocenters. The van der Waals surface area contributed by atoms with Crippen molar-refractivity contribution in [3.05, 3.63) is 83.4 Å². The monoisotopic (exact) mass is 458 g/mol. The molecule has 0 aliphatic heterocycles. The summed E-state index contributed by atoms with van der Waals surface area (Å²) in [7, 11) is -3.69. The maximum Gasteiger partial charge on any atom is 0.245 e. The van der Waals surface area contributed by atoms with Gasteiger partial charge >= 0.3 is 0 Å². The third-order valence-electron chi connectivity index (χ3n) is 4.52. The Balaban J connectivity index is 1.86. The molecule has 3 rings (SSSR count). The largest absolute Gasteiger partial charge is 0.455 e. The van der Waals surface area contributed by atoms with Crippen LogP contribution in [-0.2, 0) is 21.2 Å². The summed E-state index contributed by atoms with van der Waals surface area (Å²) in [6.07, 6.45) is 1.71. The second kappa shape index (κ2) is 9.85. The summed E-state index contributed by atoms with van der Waals surface area (Å²) in [5.41, 5.74) is 1.66. The molecule has 1 amide bonds. The standard InChI is InChI=1S/C23H23ClN2O4S/c1-3-17-9-7-8-12-21(17)26(31(2,28)29)16-23(27)25-20-15-18(24)13-14-22(20)30-19-10-5-4-6-11-19/h4-15H,3,16H2,1-2H3,(H,25,27). The molecule has 8 heteroatoms. The molecule has 0 fully saturated rings. The van der Waals surface area contributed by atoms with E-state index >= 15 is 0 Å². The number of aryl methyl sites for hydroxylation is 1. The number of anilines is 2. The number of halogens is 1. The third kappa shape index (κ3) is 5.99. The number of ether oxygens (including phenoxy) is 1. The van der Waals surface area contributed by atoms with Gasteiger partial charge in [-0.2, -0.15) is 0 Å². The van der Waals surface area contributed by atoms with Crippen LogP contribution in [-0.4, -0.2) is 27.1 Å². The van der Waals surface area contributed by atoms with E-state index in [9.17, 15) is 13.2 Å². The van der Waals surface area contributed by atoms with Crippen molar-refractivity contribution in [1.82, 2.24) is 0 Å². The highest BCUT2D eigenvalue weighted by molar-refractivity contribution is 7.92. The summed E-state index contributed by atoms with van der Waals surface area (Å²) < 4.78 is 31.9. The molecule has 0 saturated carbocycles. The van der Waals surface area contributed by atoms with E-state index in [0.29, 0.717) is 34.3 Å². The average molecular weight is 459 g/mol. The van der Waals surface area contributed by atoms with E-state index in [2.05, 4.69) is 5.32 Å². The van der Waals surface area contributed by atoms with Gasteiger partial charge in [0.15, 0.2) is 5.75 Å². The minimum absolute atomic E-state index is 0.346. The minimum atomic E-state index is -3.69. The number of amides is 1. The van der Waals surface area contributed by atoms with E-state index in [1.54, 1.807) is 42.5 Å². The summed E-state index contributed by atoms with van der Waals surface area (Å²) in [4.78, 5) is 12.8. The molecule has 0 spiro atoms. The Morgan fingerprint density at radius 3 is 2.39 bits per heavy atom. The smallest absolute Gasteiger partial charge is 0.245 e. The Labute approximate surface area is 187 Å². The number of carbonyl (C=O) groups excluding carboxylic acids is 1. The van der Waals surface area contributed by atoms with Gasteiger partial charge in [-0.1, -0.05) is 54.9 Å². The molecule has 0 unspecified atom stereocenters. The zero-order valence-corrected chi connectivity index (χ0v) is 18.8. The number of hydrogen-bond donors (Lipinski definition) is 1. The van der Waals surface area contributed by atoms with Gasteiger partial charge in [-0.3, -0.25) is 9.10 Å². The molecule has 0 aromatic heterocycles. The van der Waals surface area contributed by atoms with Crippen molar-refractivity contribution < 1.29 is 17.9 Å². The summed E-state index contributed by atoms with van der Waals surface area (Å²) in [6.45, 7) is 1.55. The van der Waals surface area contributed by atoms with Crippen molar-refractivity contribution in [3.63, 3.8) is 0 Å². The first kappa shape index (κ1) is 22.7. The number of hydrogen-bond acceptors (Lipinski definition) is 4. The fraction of sp³-hybridized carbons (Fsp3) is 0.174. The van der Waals surface area contributed by atoms with Gasteiger partial charge in [0.2, 0.25) is 15.9 Å². The lowest BCUT2D eigenvalue weighted by Gasteiger charge is -2.24. The van der Waals surface area contributed by atoms with Crippen LogP contribution in [0.5, 0.6) is 11.5 Å². The first-order chi connectivity index (χ1) is 14.8. The maximum atomic E-state index is 12.8. The molecule has 3 aromatic carbocycles. The zero-order chi connectivity index (χ0) is 22.4. The van der Waals surface area contributed by atoms with Gasteiger partial charge in [-0.05, 0) is 48.4 Å². The molecule has 0 bridgehead atoms. The number of sulfonamides is 1. The Bertz CT molecular complexity index is 1170. The quantitative estimate of drug-likeness (QED) is 0.509. The minimum Gasteiger partial charge on any atom is -0.455 e. The fourth-order valence-corrected chi connectivity index (χ4v) is 4.12. The number of nitrogens with zero attached hydrogens (tertiary/aromatic N) is 1. The third-order valence-corrected chi connectivity index (χ3v) is 5.88. The van der Waals surface area contributed by atoms with Gasteiger partial charge in [-0.25, -0.2) is 8.42 Å². The van der Waals surface area contributed by atoms with Crippen LogP contribution in [0.15, 0.2) is 72.8 Å². The van der Waals surface area contributed by atoms with Gasteiger partial charge in [0.05, 0.1) is 17.6 Å². The van der Waals surface area contributed by atoms with Gasteiger partial charge in [0.25, 0.3) is 0 Å². The van der Waals surface area contributed by atoms with Crippen LogP contribution in [0.1, 0.15) is 12.5 Å². The van der Waals surface area contributed by atoms with Gasteiger partial charge < -0.3 is 10.1 Å². The van der Waals surface area contributed by atoms with Crippen molar-refractivity contribution in [3.8, 4) is 11.5 Å². The second-order valence-electron chi connectivity index (χ2n) is 6.86. The van der Waals surface area contributed by atoms with E-state index in [0.717, 1.165) is 16.1 Å². The lowest BCUT2D eigenvalue weighted by Crippen LogP contribution is -2.38. The maximum absolute atomic E-state index is 12.8. The molecule has 1 N–H and O–H groups in total. The molecule has 0 heterocycles. The lowest BCUT2D eigenvalue weighted by atomic mass is 10.1. The number of nitrogens with one attached hydrogen (secondary N) is 1. The highest BCUT2D eigenvalue weighted by Crippen LogP contribution is 2.32. The van der Waals surface area contributed by atoms with Crippen LogP contribution >= 0.6 is 11.6 Å². The average Bonchev–Trinajstić information content (AvgIpc) is 2.74. The van der Waals surface area contributed by atoms with E-state index < -0.39 is 15.9 Å². The van der Waals surface area contributed by atoms with Crippen molar-refractivity contribution in [1.29, 1.82) is 0 Å². The summed E-state index contributed by atoms with van der Waals surface area (Å²) >= 11 is 6.10. The SMILES string of the molecule is CCc1ccccc1N(CC(=O)Nc1cc(Cl)ccc1Oc1ccccc1)S(C)(=O)=O. The zero-order valence-electron chi connectivity index (χ0n) is 17.2. The van der Waals surface area contributed by atoms with Gasteiger partial charge in [0.1, 0.15) is 12.3 Å². The normalized spacial score (nSPS) is 11.1. The predicted octanol–water partition coefficient (Wildman–Crippen LogP) is 5.10. The Morgan fingerprint density at radius 1 is 1.03 bits per heavy atom. The van der Waals surface area contributed by atoms with Crippen LogP contribution in [0, 0.1) is 0 Å². The summed E-state index contributed by atoms with van der Waals surface area (Å²) in [6, 6.07) is 21.1. The van der Waals surface area contributed by atoms with Crippen LogP contribution in [0.25, 0.3) is 0 Å². The van der Waals surface area contributed by atoms with Crippen LogP contribution < -0.4 is 14.4 Å². The van der Waals surface area contributed by atoms with Gasteiger partial charge in [-0.15, -0.1) is 0 Å². The molecule has 3 aromatic rings. The molecular formula is C23H23ClN2O4S. The highest BCUT2D eigenvalue weighted by atomic mass is 35.5. The highest BCUT2D eigenvalue weighted by Gasteiger charge is 2.23. The molecule has 0 aliphatic carbocycles. The molecule has 0 radical (unpaired) electrons.